The van der Waals surface area contributed by atoms with E-state index in [0.29, 0.717) is 6.04 Å². The molecule has 0 bridgehead atoms. The third-order valence-corrected chi connectivity index (χ3v) is 5.45. The summed E-state index contributed by atoms with van der Waals surface area (Å²) in [5.41, 5.74) is 6.08. The van der Waals surface area contributed by atoms with Crippen LogP contribution in [0.5, 0.6) is 0 Å². The van der Waals surface area contributed by atoms with Gasteiger partial charge in [-0.1, -0.05) is 30.3 Å². The molecule has 6 nitrogen and oxygen atoms in total. The molecule has 0 saturated heterocycles. The average molecular weight is 418 g/mol. The molecule has 1 unspecified atom stereocenters. The monoisotopic (exact) mass is 417 g/mol. The quantitative estimate of drug-likeness (QED) is 0.662. The Morgan fingerprint density at radius 3 is 2.69 bits per heavy atom. The molecule has 156 valence electrons. The highest BCUT2D eigenvalue weighted by molar-refractivity contribution is 5.93. The predicted molar refractivity (Wildman–Crippen MR) is 119 cm³/mol. The Morgan fingerprint density at radius 1 is 1.21 bits per heavy atom. The molecule has 0 saturated carbocycles. The molecule has 1 aliphatic carbocycles. The summed E-state index contributed by atoms with van der Waals surface area (Å²) in [6.07, 6.45) is 2.75. The van der Waals surface area contributed by atoms with Crippen LogP contribution in [0.3, 0.4) is 0 Å². The van der Waals surface area contributed by atoms with E-state index in [2.05, 4.69) is 64.7 Å². The molecule has 1 heterocycles. The van der Waals surface area contributed by atoms with Crippen LogP contribution in [0.4, 0.5) is 10.5 Å². The lowest BCUT2D eigenvalue weighted by Gasteiger charge is -2.15. The van der Waals surface area contributed by atoms with Gasteiger partial charge in [-0.3, -0.25) is 5.32 Å². The van der Waals surface area contributed by atoms with Crippen molar-refractivity contribution in [2.24, 2.45) is 7.05 Å². The molecule has 1 atom stereocenters. The van der Waals surface area contributed by atoms with Gasteiger partial charge < -0.3 is 20.1 Å². The summed E-state index contributed by atoms with van der Waals surface area (Å²) >= 11 is 0. The van der Waals surface area contributed by atoms with Gasteiger partial charge in [-0.15, -0.1) is 12.4 Å². The van der Waals surface area contributed by atoms with Crippen molar-refractivity contribution in [3.63, 3.8) is 0 Å². The summed E-state index contributed by atoms with van der Waals surface area (Å²) in [5.74, 6) is 0. The maximum Gasteiger partial charge on any atom is 0.411 e. The number of halogens is 1. The van der Waals surface area contributed by atoms with Crippen molar-refractivity contribution in [2.75, 3.05) is 19.0 Å². The van der Waals surface area contributed by atoms with Gasteiger partial charge >= 0.3 is 6.09 Å². The van der Waals surface area contributed by atoms with Crippen LogP contribution in [0.25, 0.3) is 10.9 Å². The smallest absolute Gasteiger partial charge is 0.411 e. The number of rotatable bonds is 5. The highest BCUT2D eigenvalue weighted by Gasteiger charge is 2.28. The molecule has 2 aromatic carbocycles. The van der Waals surface area contributed by atoms with Crippen molar-refractivity contribution in [1.82, 2.24) is 9.88 Å². The molecule has 1 amide bonds. The molecule has 1 aromatic heterocycles. The Labute approximate surface area is 177 Å². The van der Waals surface area contributed by atoms with Gasteiger partial charge in [0.2, 0.25) is 0 Å². The standard InChI is InChI=1S/C22H25N3O2.ClH.H2O/c1-25-20-11-8-16(24-22(26)27-2)14-18(20)17-9-10-19(21(17)25)23-13-12-15-6-4-3-5-7-15;;/h3-8,11,14,19,23H,9-10,12-13H2,1-2H3,(H,24,26);1H;1H2. The number of hydrogen-bond acceptors (Lipinski definition) is 3. The fraction of sp³-hybridized carbons (Fsp3) is 0.318. The van der Waals surface area contributed by atoms with E-state index < -0.39 is 6.09 Å². The fourth-order valence-electron chi connectivity index (χ4n) is 4.15. The van der Waals surface area contributed by atoms with Crippen LogP contribution in [0.15, 0.2) is 48.5 Å². The third kappa shape index (κ3) is 4.56. The maximum atomic E-state index is 11.5. The number of carbonyl (C=O) groups excluding carboxylic acids is 1. The Bertz CT molecular complexity index is 972. The highest BCUT2D eigenvalue weighted by atomic mass is 35.5. The van der Waals surface area contributed by atoms with Crippen LogP contribution < -0.4 is 10.6 Å². The lowest BCUT2D eigenvalue weighted by atomic mass is 10.1. The molecule has 4 N–H and O–H groups in total. The van der Waals surface area contributed by atoms with Gasteiger partial charge in [0.05, 0.1) is 7.11 Å². The number of benzene rings is 2. The maximum absolute atomic E-state index is 11.5. The Hall–Kier alpha value is -2.54. The number of aryl methyl sites for hydroxylation is 2. The van der Waals surface area contributed by atoms with Crippen LogP contribution in [0, 0.1) is 0 Å². The molecule has 1 aliphatic rings. The molecule has 29 heavy (non-hydrogen) atoms. The van der Waals surface area contributed by atoms with Crippen LogP contribution in [-0.4, -0.2) is 29.8 Å². The van der Waals surface area contributed by atoms with Gasteiger partial charge in [0.25, 0.3) is 0 Å². The minimum absolute atomic E-state index is 0. The number of fused-ring (bicyclic) bond motifs is 3. The van der Waals surface area contributed by atoms with Crippen molar-refractivity contribution in [1.29, 1.82) is 0 Å². The Kier molecular flexibility index (Phi) is 7.67. The first-order chi connectivity index (χ1) is 13.2. The van der Waals surface area contributed by atoms with Crippen molar-refractivity contribution >= 4 is 35.1 Å². The molecule has 4 rings (SSSR count). The zero-order valence-corrected chi connectivity index (χ0v) is 17.5. The normalized spacial score (nSPS) is 14.6. The minimum Gasteiger partial charge on any atom is -0.453 e. The average Bonchev–Trinajstić information content (AvgIpc) is 3.23. The molecular weight excluding hydrogens is 390 g/mol. The number of carbonyl (C=O) groups is 1. The van der Waals surface area contributed by atoms with E-state index in [0.717, 1.165) is 31.5 Å². The van der Waals surface area contributed by atoms with Crippen molar-refractivity contribution in [2.45, 2.75) is 25.3 Å². The summed E-state index contributed by atoms with van der Waals surface area (Å²) in [5, 5.41) is 7.71. The number of methoxy groups -OCH3 is 1. The number of nitrogens with zero attached hydrogens (tertiary/aromatic N) is 1. The van der Waals surface area contributed by atoms with Gasteiger partial charge in [-0.2, -0.15) is 0 Å². The minimum atomic E-state index is -0.442. The number of amides is 1. The summed E-state index contributed by atoms with van der Waals surface area (Å²) in [6.45, 7) is 0.963. The summed E-state index contributed by atoms with van der Waals surface area (Å²) in [4.78, 5) is 11.5. The van der Waals surface area contributed by atoms with E-state index in [4.69, 9.17) is 4.74 Å². The topological polar surface area (TPSA) is 86.8 Å². The van der Waals surface area contributed by atoms with E-state index in [-0.39, 0.29) is 17.9 Å². The van der Waals surface area contributed by atoms with E-state index >= 15 is 0 Å². The molecule has 3 aromatic rings. The number of ether oxygens (including phenoxy) is 1. The van der Waals surface area contributed by atoms with Gasteiger partial charge in [-0.05, 0) is 55.1 Å². The van der Waals surface area contributed by atoms with Crippen molar-refractivity contribution in [3.8, 4) is 0 Å². The van der Waals surface area contributed by atoms with E-state index in [1.807, 2.05) is 6.07 Å². The van der Waals surface area contributed by atoms with Gasteiger partial charge in [0.1, 0.15) is 0 Å². The molecule has 0 fully saturated rings. The Balaban J connectivity index is 0.00000150. The zero-order chi connectivity index (χ0) is 18.8. The second kappa shape index (κ2) is 9.78. The van der Waals surface area contributed by atoms with Crippen LogP contribution in [0.2, 0.25) is 0 Å². The van der Waals surface area contributed by atoms with Gasteiger partial charge in [0.15, 0.2) is 0 Å². The molecular formula is C22H28ClN3O3. The van der Waals surface area contributed by atoms with Crippen molar-refractivity contribution in [3.05, 3.63) is 65.4 Å². The van der Waals surface area contributed by atoms with Crippen LogP contribution >= 0.6 is 12.4 Å². The van der Waals surface area contributed by atoms with E-state index in [9.17, 15) is 4.79 Å². The first kappa shape index (κ1) is 22.7. The largest absolute Gasteiger partial charge is 0.453 e. The first-order valence-electron chi connectivity index (χ1n) is 9.41. The lowest BCUT2D eigenvalue weighted by molar-refractivity contribution is 0.187. The number of aromatic nitrogens is 1. The number of hydrogen-bond donors (Lipinski definition) is 2. The predicted octanol–water partition coefficient (Wildman–Crippen LogP) is 3.77. The highest BCUT2D eigenvalue weighted by Crippen LogP contribution is 2.39. The number of anilines is 1. The van der Waals surface area contributed by atoms with Gasteiger partial charge in [-0.25, -0.2) is 4.79 Å². The van der Waals surface area contributed by atoms with E-state index in [1.54, 1.807) is 0 Å². The summed E-state index contributed by atoms with van der Waals surface area (Å²) in [7, 11) is 3.51. The summed E-state index contributed by atoms with van der Waals surface area (Å²) in [6, 6.07) is 17.0. The van der Waals surface area contributed by atoms with E-state index in [1.165, 1.54) is 34.8 Å². The van der Waals surface area contributed by atoms with Gasteiger partial charge in [0, 0.05) is 35.4 Å². The second-order valence-electron chi connectivity index (χ2n) is 7.05. The number of nitrogens with one attached hydrogen (secondary N) is 2. The lowest BCUT2D eigenvalue weighted by Crippen LogP contribution is -2.23. The molecule has 0 aliphatic heterocycles. The zero-order valence-electron chi connectivity index (χ0n) is 16.7. The van der Waals surface area contributed by atoms with Crippen LogP contribution in [-0.2, 0) is 24.6 Å². The SMILES string of the molecule is COC(=O)Nc1ccc2c(c1)c1c(n2C)C(NCCc2ccccc2)CC1.Cl.O. The van der Waals surface area contributed by atoms with Crippen LogP contribution in [0.1, 0.15) is 29.3 Å². The first-order valence-corrected chi connectivity index (χ1v) is 9.41. The molecule has 0 radical (unpaired) electrons. The third-order valence-electron chi connectivity index (χ3n) is 5.45. The summed E-state index contributed by atoms with van der Waals surface area (Å²) < 4.78 is 6.99. The molecule has 0 spiro atoms. The Morgan fingerprint density at radius 2 is 1.97 bits per heavy atom. The fourth-order valence-corrected chi connectivity index (χ4v) is 4.15. The van der Waals surface area contributed by atoms with Crippen molar-refractivity contribution < 1.29 is 15.0 Å². The molecule has 7 heteroatoms. The second-order valence-corrected chi connectivity index (χ2v) is 7.05.